The summed E-state index contributed by atoms with van der Waals surface area (Å²) >= 11 is 0. The van der Waals surface area contributed by atoms with Gasteiger partial charge < -0.3 is 15.8 Å². The van der Waals surface area contributed by atoms with Crippen LogP contribution in [0.3, 0.4) is 0 Å². The number of methoxy groups -OCH3 is 1. The molecule has 0 aliphatic rings. The fraction of sp³-hybridized carbons (Fsp3) is 0.900. The second kappa shape index (κ2) is 6.32. The van der Waals surface area contributed by atoms with Crippen molar-refractivity contribution in [2.45, 2.75) is 31.6 Å². The smallest absolute Gasteiger partial charge is 0.238 e. The molecule has 17 heavy (non-hydrogen) atoms. The molecule has 102 valence electrons. The van der Waals surface area contributed by atoms with Crippen LogP contribution in [-0.2, 0) is 19.4 Å². The quantitative estimate of drug-likeness (QED) is 0.593. The maximum atomic E-state index is 11.8. The molecular weight excluding hydrogens is 244 g/mol. The molecule has 0 bridgehead atoms. The standard InChI is InChI=1S/C10H22N2O4S/c1-8(9(13)12-5-6-16-4)17(14,15)7-10(2,3)11/h8H,5-7,11H2,1-4H3,(H,12,13). The highest BCUT2D eigenvalue weighted by molar-refractivity contribution is 7.92. The van der Waals surface area contributed by atoms with Crippen molar-refractivity contribution in [1.82, 2.24) is 5.32 Å². The normalized spacial score (nSPS) is 14.4. The van der Waals surface area contributed by atoms with Crippen LogP contribution < -0.4 is 11.1 Å². The minimum absolute atomic E-state index is 0.223. The van der Waals surface area contributed by atoms with Crippen LogP contribution in [0.25, 0.3) is 0 Å². The third-order valence-corrected chi connectivity index (χ3v) is 4.52. The fourth-order valence-corrected chi connectivity index (χ4v) is 2.92. The summed E-state index contributed by atoms with van der Waals surface area (Å²) in [6, 6.07) is 0. The number of rotatable bonds is 7. The average Bonchev–Trinajstić information content (AvgIpc) is 2.13. The molecule has 0 radical (unpaired) electrons. The van der Waals surface area contributed by atoms with E-state index in [2.05, 4.69) is 5.32 Å². The summed E-state index contributed by atoms with van der Waals surface area (Å²) in [6.45, 7) is 5.23. The van der Waals surface area contributed by atoms with E-state index in [0.717, 1.165) is 0 Å². The molecule has 0 saturated heterocycles. The molecule has 0 aliphatic carbocycles. The highest BCUT2D eigenvalue weighted by Crippen LogP contribution is 2.09. The first kappa shape index (κ1) is 16.3. The minimum Gasteiger partial charge on any atom is -0.383 e. The zero-order chi connectivity index (χ0) is 13.7. The third-order valence-electron chi connectivity index (χ3n) is 2.09. The lowest BCUT2D eigenvalue weighted by Crippen LogP contribution is -2.47. The molecule has 0 aromatic carbocycles. The van der Waals surface area contributed by atoms with Gasteiger partial charge in [0.15, 0.2) is 9.84 Å². The van der Waals surface area contributed by atoms with Crippen LogP contribution in [0.2, 0.25) is 0 Å². The number of hydrogen-bond acceptors (Lipinski definition) is 5. The van der Waals surface area contributed by atoms with Gasteiger partial charge in [-0.15, -0.1) is 0 Å². The van der Waals surface area contributed by atoms with Gasteiger partial charge in [-0.1, -0.05) is 0 Å². The van der Waals surface area contributed by atoms with Gasteiger partial charge in [0.05, 0.1) is 12.4 Å². The Balaban J connectivity index is 4.47. The van der Waals surface area contributed by atoms with E-state index in [9.17, 15) is 13.2 Å². The number of amides is 1. The summed E-state index contributed by atoms with van der Waals surface area (Å²) in [5, 5.41) is 1.40. The lowest BCUT2D eigenvalue weighted by atomic mass is 10.1. The number of nitrogens with two attached hydrogens (primary N) is 1. The van der Waals surface area contributed by atoms with Gasteiger partial charge in [-0.3, -0.25) is 4.79 Å². The molecule has 0 fully saturated rings. The summed E-state index contributed by atoms with van der Waals surface area (Å²) in [7, 11) is -2.03. The molecule has 0 heterocycles. The van der Waals surface area contributed by atoms with E-state index in [1.807, 2.05) is 0 Å². The number of carbonyl (C=O) groups is 1. The lowest BCUT2D eigenvalue weighted by molar-refractivity contribution is -0.120. The Morgan fingerprint density at radius 1 is 1.47 bits per heavy atom. The molecule has 0 spiro atoms. The Morgan fingerprint density at radius 3 is 2.41 bits per heavy atom. The molecule has 0 aliphatic heterocycles. The molecule has 0 aromatic heterocycles. The van der Waals surface area contributed by atoms with Crippen LogP contribution in [0, 0.1) is 0 Å². The predicted octanol–water partition coefficient (Wildman–Crippen LogP) is -0.710. The Kier molecular flexibility index (Phi) is 6.08. The third kappa shape index (κ3) is 6.60. The lowest BCUT2D eigenvalue weighted by Gasteiger charge is -2.21. The second-order valence-corrected chi connectivity index (χ2v) is 7.04. The average molecular weight is 266 g/mol. The van der Waals surface area contributed by atoms with Crippen molar-refractivity contribution in [2.24, 2.45) is 5.73 Å². The van der Waals surface area contributed by atoms with Gasteiger partial charge in [0.25, 0.3) is 0 Å². The largest absolute Gasteiger partial charge is 0.383 e. The number of carbonyl (C=O) groups excluding carboxylic acids is 1. The highest BCUT2D eigenvalue weighted by Gasteiger charge is 2.31. The minimum atomic E-state index is -3.53. The van der Waals surface area contributed by atoms with Crippen molar-refractivity contribution in [3.63, 3.8) is 0 Å². The van der Waals surface area contributed by atoms with E-state index < -0.39 is 26.5 Å². The number of hydrogen-bond donors (Lipinski definition) is 2. The first-order valence-electron chi connectivity index (χ1n) is 5.37. The highest BCUT2D eigenvalue weighted by atomic mass is 32.2. The van der Waals surface area contributed by atoms with Gasteiger partial charge in [0, 0.05) is 19.2 Å². The van der Waals surface area contributed by atoms with Gasteiger partial charge in [0.1, 0.15) is 5.25 Å². The van der Waals surface area contributed by atoms with E-state index in [4.69, 9.17) is 10.5 Å². The van der Waals surface area contributed by atoms with Gasteiger partial charge in [-0.2, -0.15) is 0 Å². The molecule has 0 aromatic rings. The zero-order valence-electron chi connectivity index (χ0n) is 10.8. The molecule has 0 rings (SSSR count). The summed E-state index contributed by atoms with van der Waals surface area (Å²) in [6.07, 6.45) is 0. The van der Waals surface area contributed by atoms with Crippen molar-refractivity contribution in [3.8, 4) is 0 Å². The SMILES string of the molecule is COCCNC(=O)C(C)S(=O)(=O)CC(C)(C)N. The first-order chi connectivity index (χ1) is 7.60. The first-order valence-corrected chi connectivity index (χ1v) is 7.09. The van der Waals surface area contributed by atoms with Crippen molar-refractivity contribution >= 4 is 15.7 Å². The number of nitrogens with one attached hydrogen (secondary N) is 1. The molecule has 1 unspecified atom stereocenters. The molecule has 3 N–H and O–H groups in total. The van der Waals surface area contributed by atoms with E-state index in [0.29, 0.717) is 13.2 Å². The monoisotopic (exact) mass is 266 g/mol. The van der Waals surface area contributed by atoms with Gasteiger partial charge in [-0.25, -0.2) is 8.42 Å². The Labute approximate surface area is 103 Å². The Bertz CT molecular complexity index is 346. The van der Waals surface area contributed by atoms with Crippen LogP contribution in [0.5, 0.6) is 0 Å². The van der Waals surface area contributed by atoms with Crippen molar-refractivity contribution < 1.29 is 17.9 Å². The Hall–Kier alpha value is -0.660. The van der Waals surface area contributed by atoms with Gasteiger partial charge in [0.2, 0.25) is 5.91 Å². The van der Waals surface area contributed by atoms with Crippen LogP contribution in [0.4, 0.5) is 0 Å². The van der Waals surface area contributed by atoms with E-state index in [1.54, 1.807) is 13.8 Å². The maximum Gasteiger partial charge on any atom is 0.238 e. The second-order valence-electron chi connectivity index (χ2n) is 4.72. The topological polar surface area (TPSA) is 98.5 Å². The van der Waals surface area contributed by atoms with Crippen molar-refractivity contribution in [1.29, 1.82) is 0 Å². The molecule has 7 heteroatoms. The van der Waals surface area contributed by atoms with Crippen molar-refractivity contribution in [3.05, 3.63) is 0 Å². The zero-order valence-corrected chi connectivity index (χ0v) is 11.6. The van der Waals surface area contributed by atoms with Crippen LogP contribution >= 0.6 is 0 Å². The predicted molar refractivity (Wildman–Crippen MR) is 66.4 cm³/mol. The summed E-state index contributed by atoms with van der Waals surface area (Å²) in [5.74, 6) is -0.745. The summed E-state index contributed by atoms with van der Waals surface area (Å²) in [4.78, 5) is 11.6. The van der Waals surface area contributed by atoms with Crippen LogP contribution in [-0.4, -0.2) is 51.1 Å². The molecule has 6 nitrogen and oxygen atoms in total. The van der Waals surface area contributed by atoms with E-state index >= 15 is 0 Å². The molecular formula is C10H22N2O4S. The van der Waals surface area contributed by atoms with E-state index in [1.165, 1.54) is 14.0 Å². The van der Waals surface area contributed by atoms with Crippen molar-refractivity contribution in [2.75, 3.05) is 26.0 Å². The van der Waals surface area contributed by atoms with Crippen LogP contribution in [0.15, 0.2) is 0 Å². The summed E-state index contributed by atoms with van der Waals surface area (Å²) in [5.41, 5.74) is 4.80. The summed E-state index contributed by atoms with van der Waals surface area (Å²) < 4.78 is 28.5. The number of sulfone groups is 1. The van der Waals surface area contributed by atoms with Crippen LogP contribution in [0.1, 0.15) is 20.8 Å². The fourth-order valence-electron chi connectivity index (χ4n) is 1.23. The van der Waals surface area contributed by atoms with Gasteiger partial charge >= 0.3 is 0 Å². The Morgan fingerprint density at radius 2 is 2.00 bits per heavy atom. The number of ether oxygens (including phenoxy) is 1. The molecule has 0 saturated carbocycles. The molecule has 1 amide bonds. The van der Waals surface area contributed by atoms with E-state index in [-0.39, 0.29) is 5.75 Å². The van der Waals surface area contributed by atoms with Gasteiger partial charge in [-0.05, 0) is 20.8 Å². The molecule has 1 atom stereocenters. The maximum absolute atomic E-state index is 11.8.